The molecule has 0 aliphatic rings. The van der Waals surface area contributed by atoms with Crippen LogP contribution in [0.25, 0.3) is 10.9 Å². The summed E-state index contributed by atoms with van der Waals surface area (Å²) in [6.45, 7) is 1.90. The first-order valence-corrected chi connectivity index (χ1v) is 9.12. The lowest BCUT2D eigenvalue weighted by atomic mass is 10.1. The molecule has 0 aliphatic heterocycles. The van der Waals surface area contributed by atoms with Crippen molar-refractivity contribution >= 4 is 32.5 Å². The molecule has 1 amide bonds. The number of sulfonamides is 1. The predicted octanol–water partition coefficient (Wildman–Crippen LogP) is 2.43. The molecule has 0 atom stereocenters. The number of hydrogen-bond donors (Lipinski definition) is 2. The minimum Gasteiger partial charge on any atom is -0.361 e. The SMILES string of the molecule is Cc1cccc2[nH]cc(CC(=O)NS(=O)(=O)c3cccc([N+](=O)[O-])c3)c12. The molecule has 0 aliphatic carbocycles. The molecule has 0 spiro atoms. The Balaban J connectivity index is 1.83. The summed E-state index contributed by atoms with van der Waals surface area (Å²) in [6.07, 6.45) is 1.52. The highest BCUT2D eigenvalue weighted by atomic mass is 32.2. The van der Waals surface area contributed by atoms with E-state index in [1.807, 2.05) is 29.8 Å². The number of aromatic nitrogens is 1. The highest BCUT2D eigenvalue weighted by Gasteiger charge is 2.21. The quantitative estimate of drug-likeness (QED) is 0.525. The number of nitrogens with zero attached hydrogens (tertiary/aromatic N) is 1. The Morgan fingerprint density at radius 3 is 2.69 bits per heavy atom. The molecule has 0 unspecified atom stereocenters. The fourth-order valence-electron chi connectivity index (χ4n) is 2.77. The monoisotopic (exact) mass is 373 g/mol. The van der Waals surface area contributed by atoms with Gasteiger partial charge < -0.3 is 4.98 Å². The second-order valence-corrected chi connectivity index (χ2v) is 7.45. The van der Waals surface area contributed by atoms with Gasteiger partial charge in [0.15, 0.2) is 0 Å². The summed E-state index contributed by atoms with van der Waals surface area (Å²) in [4.78, 5) is 25.0. The van der Waals surface area contributed by atoms with Crippen molar-refractivity contribution in [3.63, 3.8) is 0 Å². The molecular formula is C17H15N3O5S. The lowest BCUT2D eigenvalue weighted by Gasteiger charge is -2.07. The van der Waals surface area contributed by atoms with E-state index in [9.17, 15) is 23.3 Å². The maximum absolute atomic E-state index is 12.3. The molecule has 0 saturated heterocycles. The molecule has 0 bridgehead atoms. The van der Waals surface area contributed by atoms with Crippen LogP contribution in [0.3, 0.4) is 0 Å². The number of hydrogen-bond acceptors (Lipinski definition) is 5. The smallest absolute Gasteiger partial charge is 0.270 e. The van der Waals surface area contributed by atoms with Gasteiger partial charge >= 0.3 is 0 Å². The van der Waals surface area contributed by atoms with Crippen LogP contribution >= 0.6 is 0 Å². The number of aryl methyl sites for hydroxylation is 1. The van der Waals surface area contributed by atoms with Gasteiger partial charge in [-0.2, -0.15) is 0 Å². The van der Waals surface area contributed by atoms with Gasteiger partial charge in [-0.05, 0) is 30.2 Å². The third-order valence-corrected chi connectivity index (χ3v) is 5.30. The number of nitrogens with one attached hydrogen (secondary N) is 2. The van der Waals surface area contributed by atoms with Crippen LogP contribution in [-0.2, 0) is 21.2 Å². The molecule has 2 aromatic carbocycles. The molecule has 8 nitrogen and oxygen atoms in total. The lowest BCUT2D eigenvalue weighted by molar-refractivity contribution is -0.385. The van der Waals surface area contributed by atoms with E-state index in [1.165, 1.54) is 18.2 Å². The van der Waals surface area contributed by atoms with Crippen molar-refractivity contribution in [1.29, 1.82) is 0 Å². The summed E-state index contributed by atoms with van der Waals surface area (Å²) in [5, 5.41) is 11.7. The first-order valence-electron chi connectivity index (χ1n) is 7.63. The summed E-state index contributed by atoms with van der Waals surface area (Å²) < 4.78 is 26.6. The van der Waals surface area contributed by atoms with Crippen molar-refractivity contribution < 1.29 is 18.1 Å². The molecule has 134 valence electrons. The van der Waals surface area contributed by atoms with Crippen LogP contribution in [-0.4, -0.2) is 24.2 Å². The van der Waals surface area contributed by atoms with Crippen molar-refractivity contribution in [1.82, 2.24) is 9.71 Å². The highest BCUT2D eigenvalue weighted by Crippen LogP contribution is 2.23. The van der Waals surface area contributed by atoms with Gasteiger partial charge in [-0.1, -0.05) is 18.2 Å². The van der Waals surface area contributed by atoms with E-state index in [2.05, 4.69) is 4.98 Å². The van der Waals surface area contributed by atoms with Crippen LogP contribution in [0.4, 0.5) is 5.69 Å². The van der Waals surface area contributed by atoms with Crippen LogP contribution in [0.2, 0.25) is 0 Å². The van der Waals surface area contributed by atoms with Crippen LogP contribution in [0.5, 0.6) is 0 Å². The lowest BCUT2D eigenvalue weighted by Crippen LogP contribution is -2.31. The van der Waals surface area contributed by atoms with E-state index in [-0.39, 0.29) is 17.0 Å². The summed E-state index contributed by atoms with van der Waals surface area (Å²) >= 11 is 0. The van der Waals surface area contributed by atoms with Crippen LogP contribution in [0.15, 0.2) is 53.6 Å². The molecule has 0 saturated carbocycles. The normalized spacial score (nSPS) is 11.4. The third kappa shape index (κ3) is 3.42. The molecule has 0 fully saturated rings. The fraction of sp³-hybridized carbons (Fsp3) is 0.118. The number of nitro groups is 1. The standard InChI is InChI=1S/C17H15N3O5S/c1-11-4-2-7-15-17(11)12(10-18-15)8-16(21)19-26(24,25)14-6-3-5-13(9-14)20(22)23/h2-7,9-10,18H,8H2,1H3,(H,19,21). The van der Waals surface area contributed by atoms with E-state index in [0.717, 1.165) is 22.5 Å². The number of benzene rings is 2. The van der Waals surface area contributed by atoms with E-state index in [4.69, 9.17) is 0 Å². The molecule has 1 heterocycles. The van der Waals surface area contributed by atoms with Gasteiger partial charge in [-0.25, -0.2) is 13.1 Å². The molecule has 0 radical (unpaired) electrons. The summed E-state index contributed by atoms with van der Waals surface area (Å²) in [7, 11) is -4.20. The summed E-state index contributed by atoms with van der Waals surface area (Å²) in [6, 6.07) is 10.2. The van der Waals surface area contributed by atoms with Crippen molar-refractivity contribution in [3.8, 4) is 0 Å². The first-order chi connectivity index (χ1) is 12.3. The fourth-order valence-corrected chi connectivity index (χ4v) is 3.80. The number of nitro benzene ring substituents is 1. The Labute approximate surface area is 149 Å². The Hall–Kier alpha value is -3.20. The van der Waals surface area contributed by atoms with E-state index in [0.29, 0.717) is 5.56 Å². The molecule has 26 heavy (non-hydrogen) atoms. The topological polar surface area (TPSA) is 122 Å². The summed E-state index contributed by atoms with van der Waals surface area (Å²) in [5.41, 5.74) is 2.12. The Morgan fingerprint density at radius 1 is 1.23 bits per heavy atom. The zero-order valence-corrected chi connectivity index (χ0v) is 14.5. The third-order valence-electron chi connectivity index (χ3n) is 3.93. The molecule has 2 N–H and O–H groups in total. The van der Waals surface area contributed by atoms with E-state index in [1.54, 1.807) is 6.20 Å². The van der Waals surface area contributed by atoms with Crippen LogP contribution in [0.1, 0.15) is 11.1 Å². The second-order valence-electron chi connectivity index (χ2n) is 5.77. The maximum Gasteiger partial charge on any atom is 0.270 e. The van der Waals surface area contributed by atoms with Crippen molar-refractivity contribution in [3.05, 3.63) is 69.9 Å². The van der Waals surface area contributed by atoms with Gasteiger partial charge in [0.05, 0.1) is 16.2 Å². The average Bonchev–Trinajstić information content (AvgIpc) is 2.98. The summed E-state index contributed by atoms with van der Waals surface area (Å²) in [5.74, 6) is -0.722. The number of H-pyrrole nitrogens is 1. The number of rotatable bonds is 5. The predicted molar refractivity (Wildman–Crippen MR) is 95.2 cm³/mol. The first kappa shape index (κ1) is 17.6. The molecule has 1 aromatic heterocycles. The van der Waals surface area contributed by atoms with Gasteiger partial charge in [0.25, 0.3) is 15.7 Å². The Kier molecular flexibility index (Phi) is 4.47. The van der Waals surface area contributed by atoms with Crippen LogP contribution < -0.4 is 4.72 Å². The molecular weight excluding hydrogens is 358 g/mol. The zero-order chi connectivity index (χ0) is 18.9. The number of non-ortho nitro benzene ring substituents is 1. The van der Waals surface area contributed by atoms with Crippen molar-refractivity contribution in [2.24, 2.45) is 0 Å². The number of carbonyl (C=O) groups excluding carboxylic acids is 1. The van der Waals surface area contributed by atoms with Crippen molar-refractivity contribution in [2.75, 3.05) is 0 Å². The van der Waals surface area contributed by atoms with Gasteiger partial charge in [-0.3, -0.25) is 14.9 Å². The largest absolute Gasteiger partial charge is 0.361 e. The van der Waals surface area contributed by atoms with E-state index < -0.39 is 20.9 Å². The Morgan fingerprint density at radius 2 is 1.96 bits per heavy atom. The second kappa shape index (κ2) is 6.60. The minimum atomic E-state index is -4.20. The number of fused-ring (bicyclic) bond motifs is 1. The van der Waals surface area contributed by atoms with E-state index >= 15 is 0 Å². The van der Waals surface area contributed by atoms with Crippen molar-refractivity contribution in [2.45, 2.75) is 18.2 Å². The molecule has 3 aromatic rings. The number of carbonyl (C=O) groups is 1. The average molecular weight is 373 g/mol. The molecule has 3 rings (SSSR count). The zero-order valence-electron chi connectivity index (χ0n) is 13.7. The molecule has 9 heteroatoms. The van der Waals surface area contributed by atoms with Gasteiger partial charge in [0.1, 0.15) is 0 Å². The maximum atomic E-state index is 12.3. The number of aromatic amines is 1. The highest BCUT2D eigenvalue weighted by molar-refractivity contribution is 7.90. The van der Waals surface area contributed by atoms with Gasteiger partial charge in [0.2, 0.25) is 5.91 Å². The number of amides is 1. The van der Waals surface area contributed by atoms with Gasteiger partial charge in [0, 0.05) is 29.2 Å². The van der Waals surface area contributed by atoms with Crippen LogP contribution in [0, 0.1) is 17.0 Å². The Bertz CT molecular complexity index is 1120. The minimum absolute atomic E-state index is 0.140. The van der Waals surface area contributed by atoms with Gasteiger partial charge in [-0.15, -0.1) is 0 Å².